The molecule has 4 aromatic rings. The minimum absolute atomic E-state index is 0.0306. The number of anilines is 1. The van der Waals surface area contributed by atoms with Crippen LogP contribution in [0.3, 0.4) is 0 Å². The van der Waals surface area contributed by atoms with Crippen molar-refractivity contribution >= 4 is 34.8 Å². The van der Waals surface area contributed by atoms with Crippen molar-refractivity contribution in [3.05, 3.63) is 93.1 Å². The Hall–Kier alpha value is -4.11. The molecule has 6 nitrogen and oxygen atoms in total. The smallest absolute Gasteiger partial charge is 0.262 e. The second-order valence-electron chi connectivity index (χ2n) is 8.08. The molecular formula is C26H20F2N4O2S. The Morgan fingerprint density at radius 1 is 1.09 bits per heavy atom. The van der Waals surface area contributed by atoms with Gasteiger partial charge in [-0.1, -0.05) is 12.1 Å². The molecule has 1 aromatic heterocycles. The maximum Gasteiger partial charge on any atom is 0.262 e. The number of rotatable bonds is 4. The van der Waals surface area contributed by atoms with Crippen LogP contribution >= 0.6 is 11.3 Å². The van der Waals surface area contributed by atoms with Crippen LogP contribution in [-0.4, -0.2) is 23.4 Å². The standard InChI is InChI=1S/C26H20F2N4O2S/c1-15-3-4-16(2)21(9-15)31-26-32(29-12-18-5-7-19(27)11-20(18)28)23(14-35-26)17-6-8-24-22(10-17)30-25(33)13-34-24/h3-12,14H,13H2,1-2H3,(H,30,33). The number of fused-ring (bicyclic) bond motifs is 1. The number of aromatic nitrogens is 1. The highest BCUT2D eigenvalue weighted by molar-refractivity contribution is 7.07. The molecule has 35 heavy (non-hydrogen) atoms. The summed E-state index contributed by atoms with van der Waals surface area (Å²) in [5.41, 5.74) is 4.99. The molecule has 176 valence electrons. The first kappa shape index (κ1) is 22.7. The fourth-order valence-corrected chi connectivity index (χ4v) is 4.45. The van der Waals surface area contributed by atoms with Gasteiger partial charge in [0.25, 0.3) is 5.91 Å². The van der Waals surface area contributed by atoms with Crippen LogP contribution in [0.25, 0.3) is 11.3 Å². The van der Waals surface area contributed by atoms with Gasteiger partial charge >= 0.3 is 0 Å². The van der Waals surface area contributed by atoms with E-state index in [1.54, 1.807) is 16.8 Å². The molecule has 1 amide bonds. The van der Waals surface area contributed by atoms with Gasteiger partial charge in [-0.15, -0.1) is 11.3 Å². The van der Waals surface area contributed by atoms with Crippen molar-refractivity contribution in [3.8, 4) is 17.0 Å². The van der Waals surface area contributed by atoms with E-state index in [0.717, 1.165) is 28.4 Å². The molecule has 0 fully saturated rings. The molecule has 0 aliphatic carbocycles. The highest BCUT2D eigenvalue weighted by Crippen LogP contribution is 2.33. The van der Waals surface area contributed by atoms with Crippen molar-refractivity contribution in [2.45, 2.75) is 13.8 Å². The SMILES string of the molecule is Cc1ccc(C)c(N=c2scc(-c3ccc4c(c3)NC(=O)CO4)n2N=Cc2ccc(F)cc2F)c1. The molecule has 0 unspecified atom stereocenters. The van der Waals surface area contributed by atoms with E-state index >= 15 is 0 Å². The van der Waals surface area contributed by atoms with E-state index in [1.807, 2.05) is 43.5 Å². The van der Waals surface area contributed by atoms with Gasteiger partial charge in [0.15, 0.2) is 6.61 Å². The normalized spacial score (nSPS) is 13.6. The van der Waals surface area contributed by atoms with Crippen LogP contribution in [0.4, 0.5) is 20.2 Å². The number of nitrogens with zero attached hydrogens (tertiary/aromatic N) is 3. The van der Waals surface area contributed by atoms with Crippen LogP contribution < -0.4 is 14.9 Å². The number of benzene rings is 3. The van der Waals surface area contributed by atoms with Crippen molar-refractivity contribution in [2.24, 2.45) is 10.1 Å². The minimum atomic E-state index is -0.715. The van der Waals surface area contributed by atoms with Gasteiger partial charge in [0.1, 0.15) is 17.4 Å². The Labute approximate surface area is 203 Å². The lowest BCUT2D eigenvalue weighted by molar-refractivity contribution is -0.118. The average molecular weight is 491 g/mol. The molecule has 1 aliphatic heterocycles. The number of ether oxygens (including phenoxy) is 1. The lowest BCUT2D eigenvalue weighted by Gasteiger charge is -2.18. The van der Waals surface area contributed by atoms with Crippen LogP contribution in [0.2, 0.25) is 0 Å². The zero-order chi connectivity index (χ0) is 24.5. The Balaban J connectivity index is 1.66. The minimum Gasteiger partial charge on any atom is -0.482 e. The maximum absolute atomic E-state index is 14.3. The van der Waals surface area contributed by atoms with Gasteiger partial charge in [-0.2, -0.15) is 5.10 Å². The summed E-state index contributed by atoms with van der Waals surface area (Å²) in [5.74, 6) is -1.03. The number of carbonyl (C=O) groups is 1. The zero-order valence-corrected chi connectivity index (χ0v) is 19.7. The lowest BCUT2D eigenvalue weighted by atomic mass is 10.1. The fraction of sp³-hybridized carbons (Fsp3) is 0.115. The largest absolute Gasteiger partial charge is 0.482 e. The molecule has 2 heterocycles. The van der Waals surface area contributed by atoms with Gasteiger partial charge in [0.2, 0.25) is 4.80 Å². The first-order valence-corrected chi connectivity index (χ1v) is 11.6. The average Bonchev–Trinajstić information content (AvgIpc) is 3.22. The third-order valence-electron chi connectivity index (χ3n) is 5.45. The monoisotopic (exact) mass is 490 g/mol. The highest BCUT2D eigenvalue weighted by atomic mass is 32.1. The molecule has 1 aliphatic rings. The predicted molar refractivity (Wildman–Crippen MR) is 132 cm³/mol. The molecule has 0 saturated carbocycles. The van der Waals surface area contributed by atoms with Gasteiger partial charge in [0, 0.05) is 22.6 Å². The molecule has 9 heteroatoms. The molecule has 0 saturated heterocycles. The summed E-state index contributed by atoms with van der Waals surface area (Å²) in [5, 5.41) is 9.19. The number of thiazole rings is 1. The predicted octanol–water partition coefficient (Wildman–Crippen LogP) is 5.56. The van der Waals surface area contributed by atoms with Crippen LogP contribution in [0.1, 0.15) is 16.7 Å². The topological polar surface area (TPSA) is 68.0 Å². The first-order valence-electron chi connectivity index (χ1n) is 10.8. The van der Waals surface area contributed by atoms with Gasteiger partial charge in [-0.3, -0.25) is 4.79 Å². The van der Waals surface area contributed by atoms with Crippen molar-refractivity contribution in [3.63, 3.8) is 0 Å². The third kappa shape index (κ3) is 4.76. The molecule has 0 radical (unpaired) electrons. The molecule has 0 spiro atoms. The first-order chi connectivity index (χ1) is 16.9. The third-order valence-corrected chi connectivity index (χ3v) is 6.27. The Bertz CT molecular complexity index is 1560. The highest BCUT2D eigenvalue weighted by Gasteiger charge is 2.18. The number of hydrogen-bond acceptors (Lipinski definition) is 5. The van der Waals surface area contributed by atoms with E-state index in [-0.39, 0.29) is 18.1 Å². The van der Waals surface area contributed by atoms with E-state index in [9.17, 15) is 13.6 Å². The number of amides is 1. The van der Waals surface area contributed by atoms with Crippen molar-refractivity contribution in [2.75, 3.05) is 11.9 Å². The van der Waals surface area contributed by atoms with E-state index < -0.39 is 11.6 Å². The second kappa shape index (κ2) is 9.27. The number of carbonyl (C=O) groups excluding carboxylic acids is 1. The van der Waals surface area contributed by atoms with E-state index in [4.69, 9.17) is 9.73 Å². The maximum atomic E-state index is 14.3. The molecular weight excluding hydrogens is 470 g/mol. The van der Waals surface area contributed by atoms with Crippen LogP contribution in [0.5, 0.6) is 5.75 Å². The van der Waals surface area contributed by atoms with Crippen molar-refractivity contribution in [1.82, 2.24) is 4.68 Å². The molecule has 1 N–H and O–H groups in total. The number of halogens is 2. The summed E-state index contributed by atoms with van der Waals surface area (Å²) in [6.07, 6.45) is 1.33. The van der Waals surface area contributed by atoms with Crippen molar-refractivity contribution < 1.29 is 18.3 Å². The Morgan fingerprint density at radius 2 is 1.94 bits per heavy atom. The number of aryl methyl sites for hydroxylation is 2. The Morgan fingerprint density at radius 3 is 2.77 bits per heavy atom. The summed E-state index contributed by atoms with van der Waals surface area (Å²) in [7, 11) is 0. The van der Waals surface area contributed by atoms with E-state index in [1.165, 1.54) is 29.7 Å². The van der Waals surface area contributed by atoms with Gasteiger partial charge in [-0.25, -0.2) is 18.4 Å². The lowest BCUT2D eigenvalue weighted by Crippen LogP contribution is -2.25. The molecule has 3 aromatic carbocycles. The number of hydrogen-bond donors (Lipinski definition) is 1. The number of nitrogens with one attached hydrogen (secondary N) is 1. The van der Waals surface area contributed by atoms with E-state index in [2.05, 4.69) is 10.4 Å². The molecule has 5 rings (SSSR count). The van der Waals surface area contributed by atoms with Gasteiger partial charge in [0.05, 0.1) is 23.3 Å². The fourth-order valence-electron chi connectivity index (χ4n) is 3.60. The molecule has 0 atom stereocenters. The zero-order valence-electron chi connectivity index (χ0n) is 18.9. The summed E-state index contributed by atoms with van der Waals surface area (Å²) < 4.78 is 34.7. The van der Waals surface area contributed by atoms with Gasteiger partial charge in [-0.05, 0) is 61.4 Å². The second-order valence-corrected chi connectivity index (χ2v) is 8.91. The van der Waals surface area contributed by atoms with Crippen LogP contribution in [0.15, 0.2) is 70.1 Å². The summed E-state index contributed by atoms with van der Waals surface area (Å²) in [6, 6.07) is 14.7. The van der Waals surface area contributed by atoms with Crippen LogP contribution in [0, 0.1) is 25.5 Å². The summed E-state index contributed by atoms with van der Waals surface area (Å²) >= 11 is 1.37. The van der Waals surface area contributed by atoms with Crippen LogP contribution in [-0.2, 0) is 4.79 Å². The van der Waals surface area contributed by atoms with Gasteiger partial charge < -0.3 is 10.1 Å². The molecule has 0 bridgehead atoms. The summed E-state index contributed by atoms with van der Waals surface area (Å²) in [6.45, 7) is 3.93. The van der Waals surface area contributed by atoms with E-state index in [0.29, 0.717) is 21.9 Å². The Kier molecular flexibility index (Phi) is 6.00. The summed E-state index contributed by atoms with van der Waals surface area (Å²) in [4.78, 5) is 17.2. The quantitative estimate of drug-likeness (QED) is 0.381. The van der Waals surface area contributed by atoms with Crippen molar-refractivity contribution in [1.29, 1.82) is 0 Å².